The van der Waals surface area contributed by atoms with Gasteiger partial charge in [0, 0.05) is 31.9 Å². The molecule has 2 aliphatic rings. The fourth-order valence-corrected chi connectivity index (χ4v) is 1.95. The maximum atomic E-state index is 3.37. The lowest BCUT2D eigenvalue weighted by Gasteiger charge is -2.32. The van der Waals surface area contributed by atoms with E-state index in [1.807, 2.05) is 0 Å². The van der Waals surface area contributed by atoms with Gasteiger partial charge in [-0.3, -0.25) is 0 Å². The van der Waals surface area contributed by atoms with Gasteiger partial charge in [0.1, 0.15) is 0 Å². The van der Waals surface area contributed by atoms with Crippen LogP contribution in [0.5, 0.6) is 0 Å². The molecule has 0 spiro atoms. The first kappa shape index (κ1) is 8.82. The Kier molecular flexibility index (Phi) is 2.69. The van der Waals surface area contributed by atoms with Gasteiger partial charge in [-0.1, -0.05) is 19.1 Å². The number of nitrogens with one attached hydrogen (secondary N) is 1. The third-order valence-electron chi connectivity index (χ3n) is 2.73. The molecule has 1 aliphatic heterocycles. The van der Waals surface area contributed by atoms with Crippen molar-refractivity contribution < 1.29 is 0 Å². The molecule has 2 nitrogen and oxygen atoms in total. The zero-order valence-corrected chi connectivity index (χ0v) is 8.29. The van der Waals surface area contributed by atoms with Gasteiger partial charge in [-0.05, 0) is 18.4 Å². The van der Waals surface area contributed by atoms with Crippen molar-refractivity contribution in [3.05, 3.63) is 23.9 Å². The fraction of sp³-hybridized carbons (Fsp3) is 0.636. The van der Waals surface area contributed by atoms with Crippen molar-refractivity contribution in [3.63, 3.8) is 0 Å². The predicted octanol–water partition coefficient (Wildman–Crippen LogP) is 1.37. The van der Waals surface area contributed by atoms with Crippen LogP contribution in [0, 0.1) is 5.92 Å². The summed E-state index contributed by atoms with van der Waals surface area (Å²) >= 11 is 0. The molecule has 72 valence electrons. The van der Waals surface area contributed by atoms with E-state index in [1.165, 1.54) is 12.1 Å². The van der Waals surface area contributed by atoms with E-state index in [-0.39, 0.29) is 0 Å². The summed E-state index contributed by atoms with van der Waals surface area (Å²) in [6.45, 7) is 6.84. The van der Waals surface area contributed by atoms with E-state index in [9.17, 15) is 0 Å². The third kappa shape index (κ3) is 2.13. The van der Waals surface area contributed by atoms with E-state index >= 15 is 0 Å². The van der Waals surface area contributed by atoms with Crippen molar-refractivity contribution in [2.75, 3.05) is 26.2 Å². The Morgan fingerprint density at radius 2 is 2.15 bits per heavy atom. The van der Waals surface area contributed by atoms with Crippen LogP contribution in [-0.4, -0.2) is 31.1 Å². The number of piperazine rings is 1. The summed E-state index contributed by atoms with van der Waals surface area (Å²) in [7, 11) is 0. The highest BCUT2D eigenvalue weighted by atomic mass is 15.2. The fourth-order valence-electron chi connectivity index (χ4n) is 1.95. The van der Waals surface area contributed by atoms with Crippen molar-refractivity contribution in [2.45, 2.75) is 13.3 Å². The Hall–Kier alpha value is -0.760. The zero-order valence-electron chi connectivity index (χ0n) is 8.29. The average Bonchev–Trinajstić information content (AvgIpc) is 2.19. The van der Waals surface area contributed by atoms with Gasteiger partial charge in [0.25, 0.3) is 0 Å². The highest BCUT2D eigenvalue weighted by molar-refractivity contribution is 5.23. The lowest BCUT2D eigenvalue weighted by Crippen LogP contribution is -2.42. The summed E-state index contributed by atoms with van der Waals surface area (Å²) in [5, 5.41) is 3.37. The van der Waals surface area contributed by atoms with Crippen LogP contribution in [0.25, 0.3) is 0 Å². The molecule has 1 atom stereocenters. The van der Waals surface area contributed by atoms with Crippen LogP contribution in [-0.2, 0) is 0 Å². The van der Waals surface area contributed by atoms with E-state index in [1.54, 1.807) is 0 Å². The molecule has 1 saturated heterocycles. The molecule has 0 amide bonds. The first-order valence-corrected chi connectivity index (χ1v) is 5.20. The Bertz CT molecular complexity index is 224. The first-order chi connectivity index (χ1) is 6.36. The third-order valence-corrected chi connectivity index (χ3v) is 2.73. The lowest BCUT2D eigenvalue weighted by molar-refractivity contribution is 0.304. The Balaban J connectivity index is 2.02. The van der Waals surface area contributed by atoms with Crippen LogP contribution in [0.2, 0.25) is 0 Å². The second kappa shape index (κ2) is 3.97. The quantitative estimate of drug-likeness (QED) is 0.652. The minimum Gasteiger partial charge on any atom is -0.369 e. The van der Waals surface area contributed by atoms with Crippen LogP contribution < -0.4 is 5.32 Å². The molecule has 2 heteroatoms. The van der Waals surface area contributed by atoms with E-state index in [0.29, 0.717) is 0 Å². The molecule has 0 saturated carbocycles. The second-order valence-electron chi connectivity index (χ2n) is 3.94. The molecule has 1 fully saturated rings. The molecular weight excluding hydrogens is 160 g/mol. The monoisotopic (exact) mass is 178 g/mol. The normalized spacial score (nSPS) is 28.8. The Morgan fingerprint density at radius 1 is 1.38 bits per heavy atom. The van der Waals surface area contributed by atoms with Gasteiger partial charge in [-0.25, -0.2) is 0 Å². The highest BCUT2D eigenvalue weighted by Gasteiger charge is 2.13. The van der Waals surface area contributed by atoms with Crippen molar-refractivity contribution in [1.29, 1.82) is 0 Å². The van der Waals surface area contributed by atoms with Crippen molar-refractivity contribution in [3.8, 4) is 0 Å². The maximum absolute atomic E-state index is 3.37. The number of rotatable bonds is 1. The van der Waals surface area contributed by atoms with Crippen LogP contribution in [0.15, 0.2) is 23.9 Å². The summed E-state index contributed by atoms with van der Waals surface area (Å²) in [6.07, 6.45) is 8.16. The number of hydrogen-bond donors (Lipinski definition) is 1. The number of nitrogens with zero attached hydrogens (tertiary/aromatic N) is 1. The first-order valence-electron chi connectivity index (χ1n) is 5.20. The van der Waals surface area contributed by atoms with Gasteiger partial charge in [-0.2, -0.15) is 0 Å². The number of hydrogen-bond acceptors (Lipinski definition) is 2. The maximum Gasteiger partial charge on any atom is 0.0326 e. The molecule has 0 aromatic carbocycles. The second-order valence-corrected chi connectivity index (χ2v) is 3.94. The lowest BCUT2D eigenvalue weighted by atomic mass is 10.0. The largest absolute Gasteiger partial charge is 0.369 e. The molecule has 1 unspecified atom stereocenters. The van der Waals surface area contributed by atoms with Crippen LogP contribution in [0.4, 0.5) is 0 Å². The Morgan fingerprint density at radius 3 is 2.85 bits per heavy atom. The molecule has 0 aromatic rings. The summed E-state index contributed by atoms with van der Waals surface area (Å²) < 4.78 is 0. The molecule has 13 heavy (non-hydrogen) atoms. The van der Waals surface area contributed by atoms with Crippen LogP contribution >= 0.6 is 0 Å². The van der Waals surface area contributed by atoms with Gasteiger partial charge >= 0.3 is 0 Å². The molecule has 0 radical (unpaired) electrons. The molecule has 2 rings (SSSR count). The van der Waals surface area contributed by atoms with Crippen LogP contribution in [0.3, 0.4) is 0 Å². The molecule has 1 N–H and O–H groups in total. The summed E-state index contributed by atoms with van der Waals surface area (Å²) in [4.78, 5) is 2.47. The zero-order chi connectivity index (χ0) is 9.10. The minimum atomic E-state index is 0.717. The molecule has 0 aromatic heterocycles. The topological polar surface area (TPSA) is 15.3 Å². The SMILES string of the molecule is CC1C=C(N2CCNCC2)C=CC1. The molecule has 1 heterocycles. The number of allylic oxidation sites excluding steroid dienone is 3. The van der Waals surface area contributed by atoms with Crippen molar-refractivity contribution in [2.24, 2.45) is 5.92 Å². The van der Waals surface area contributed by atoms with E-state index < -0.39 is 0 Å². The van der Waals surface area contributed by atoms with E-state index in [4.69, 9.17) is 0 Å². The Labute approximate surface area is 80.3 Å². The smallest absolute Gasteiger partial charge is 0.0326 e. The van der Waals surface area contributed by atoms with Crippen LogP contribution in [0.1, 0.15) is 13.3 Å². The molecule has 0 bridgehead atoms. The van der Waals surface area contributed by atoms with E-state index in [0.717, 1.165) is 32.1 Å². The van der Waals surface area contributed by atoms with Gasteiger partial charge in [0.15, 0.2) is 0 Å². The van der Waals surface area contributed by atoms with Gasteiger partial charge < -0.3 is 10.2 Å². The van der Waals surface area contributed by atoms with Gasteiger partial charge in [-0.15, -0.1) is 0 Å². The average molecular weight is 178 g/mol. The van der Waals surface area contributed by atoms with Gasteiger partial charge in [0.05, 0.1) is 0 Å². The summed E-state index contributed by atoms with van der Waals surface area (Å²) in [5.74, 6) is 0.717. The summed E-state index contributed by atoms with van der Waals surface area (Å²) in [6, 6.07) is 0. The standard InChI is InChI=1S/C11H18N2/c1-10-3-2-4-11(9-10)13-7-5-12-6-8-13/h2,4,9-10,12H,3,5-8H2,1H3. The highest BCUT2D eigenvalue weighted by Crippen LogP contribution is 2.18. The predicted molar refractivity (Wildman–Crippen MR) is 55.4 cm³/mol. The van der Waals surface area contributed by atoms with Gasteiger partial charge in [0.2, 0.25) is 0 Å². The molecular formula is C11H18N2. The van der Waals surface area contributed by atoms with E-state index in [2.05, 4.69) is 35.4 Å². The molecule has 1 aliphatic carbocycles. The minimum absolute atomic E-state index is 0.717. The summed E-state index contributed by atoms with van der Waals surface area (Å²) in [5.41, 5.74) is 1.43. The van der Waals surface area contributed by atoms with Crippen molar-refractivity contribution >= 4 is 0 Å². The van der Waals surface area contributed by atoms with Crippen molar-refractivity contribution in [1.82, 2.24) is 10.2 Å².